The first-order valence-corrected chi connectivity index (χ1v) is 14.0. The Morgan fingerprint density at radius 1 is 1.18 bits per heavy atom. The van der Waals surface area contributed by atoms with Crippen molar-refractivity contribution < 1.29 is 9.53 Å². The van der Waals surface area contributed by atoms with E-state index in [0.29, 0.717) is 5.41 Å². The Bertz CT molecular complexity index is 829. The number of carbonyl (C=O) groups is 1. The molecular weight excluding hydrogens is 479 g/mol. The second-order valence-corrected chi connectivity index (χ2v) is 14.6. The van der Waals surface area contributed by atoms with E-state index in [9.17, 15) is 4.79 Å². The summed E-state index contributed by atoms with van der Waals surface area (Å²) in [6.45, 7) is 6.07. The highest BCUT2D eigenvalue weighted by Gasteiger charge is 2.64. The molecule has 33 heavy (non-hydrogen) atoms. The normalized spacial score (nSPS) is 44.9. The van der Waals surface area contributed by atoms with Crippen LogP contribution < -0.4 is 0 Å². The van der Waals surface area contributed by atoms with Gasteiger partial charge in [-0.1, -0.05) is 53.4 Å². The van der Waals surface area contributed by atoms with Gasteiger partial charge in [0.15, 0.2) is 0 Å². The molecule has 0 N–H and O–H groups in total. The van der Waals surface area contributed by atoms with Crippen LogP contribution in [0.2, 0.25) is 0 Å². The smallest absolute Gasteiger partial charge is 0.409 e. The second-order valence-electron chi connectivity index (χ2n) is 12.0. The number of hydrogen-bond donors (Lipinski definition) is 0. The summed E-state index contributed by atoms with van der Waals surface area (Å²) in [6.07, 6.45) is 12.1. The average Bonchev–Trinajstić information content (AvgIpc) is 3.24. The van der Waals surface area contributed by atoms with E-state index in [1.807, 2.05) is 7.05 Å². The largest absolute Gasteiger partial charge is 0.445 e. The van der Waals surface area contributed by atoms with E-state index >= 15 is 0 Å². The van der Waals surface area contributed by atoms with Gasteiger partial charge in [-0.15, -0.1) is 0 Å². The van der Waals surface area contributed by atoms with Crippen molar-refractivity contribution >= 4 is 40.9 Å². The molecule has 1 aliphatic heterocycles. The molecule has 5 rings (SSSR count). The van der Waals surface area contributed by atoms with Crippen LogP contribution in [0.15, 0.2) is 11.6 Å². The fourth-order valence-electron chi connectivity index (χ4n) is 9.17. The predicted octanol–water partition coefficient (Wildman–Crippen LogP) is 6.69. The number of fused-ring (bicyclic) bond motifs is 4. The molecule has 4 nitrogen and oxygen atoms in total. The summed E-state index contributed by atoms with van der Waals surface area (Å²) >= 11 is 17.3. The molecule has 7 heteroatoms. The number of nitrogens with zero attached hydrogens (tertiary/aromatic N) is 2. The molecule has 0 aromatic carbocycles. The summed E-state index contributed by atoms with van der Waals surface area (Å²) in [5.41, 5.74) is 2.42. The first-order valence-electron chi connectivity index (χ1n) is 12.8. The number of rotatable bonds is 2. The highest BCUT2D eigenvalue weighted by atomic mass is 35.6. The van der Waals surface area contributed by atoms with E-state index in [4.69, 9.17) is 39.5 Å². The summed E-state index contributed by atoms with van der Waals surface area (Å²) < 4.78 is 3.66. The molecule has 0 radical (unpaired) electrons. The van der Waals surface area contributed by atoms with E-state index in [1.165, 1.54) is 38.6 Å². The third-order valence-corrected chi connectivity index (χ3v) is 11.2. The number of alkyl halides is 3. The Kier molecular flexibility index (Phi) is 6.29. The van der Waals surface area contributed by atoms with Crippen molar-refractivity contribution in [3.05, 3.63) is 11.6 Å². The lowest BCUT2D eigenvalue weighted by atomic mass is 9.47. The number of amides is 1. The van der Waals surface area contributed by atoms with Gasteiger partial charge in [-0.25, -0.2) is 4.79 Å². The maximum atomic E-state index is 12.5. The molecule has 5 aliphatic rings. The Hall–Kier alpha value is -0.160. The fraction of sp³-hybridized carbons (Fsp3) is 0.885. The van der Waals surface area contributed by atoms with Crippen LogP contribution in [0.3, 0.4) is 0 Å². The maximum absolute atomic E-state index is 12.5. The van der Waals surface area contributed by atoms with Crippen LogP contribution in [-0.4, -0.2) is 59.0 Å². The van der Waals surface area contributed by atoms with Gasteiger partial charge in [-0.3, -0.25) is 0 Å². The summed E-state index contributed by atoms with van der Waals surface area (Å²) in [6, 6.07) is 0.892. The number of allylic oxidation sites excluding steroid dienone is 1. The lowest BCUT2D eigenvalue weighted by molar-refractivity contribution is -0.0435. The molecule has 8 unspecified atom stereocenters. The molecule has 3 saturated carbocycles. The van der Waals surface area contributed by atoms with Crippen LogP contribution in [0.1, 0.15) is 65.2 Å². The van der Waals surface area contributed by atoms with Crippen molar-refractivity contribution in [3.63, 3.8) is 0 Å². The second kappa shape index (κ2) is 8.46. The van der Waals surface area contributed by atoms with Crippen LogP contribution in [0.5, 0.6) is 0 Å². The molecule has 186 valence electrons. The standard InChI is InChI=1S/C26H39Cl3N2O2/c1-16-20-7-8-22-19-6-5-17-13-18(31(4)23(32)33-15-26(27,28)29)9-11-24(17,2)21(19)10-12-25(20,22)14-30(16)3/h5,16,18-22H,6-15H2,1-4H3. The number of halogens is 3. The Labute approximate surface area is 214 Å². The first kappa shape index (κ1) is 24.5. The topological polar surface area (TPSA) is 32.8 Å². The van der Waals surface area contributed by atoms with Crippen molar-refractivity contribution in [2.45, 2.75) is 81.1 Å². The summed E-state index contributed by atoms with van der Waals surface area (Å²) in [4.78, 5) is 16.9. The molecule has 1 heterocycles. The molecule has 1 saturated heterocycles. The fourth-order valence-corrected chi connectivity index (χ4v) is 9.33. The van der Waals surface area contributed by atoms with Gasteiger partial charge in [0.1, 0.15) is 6.61 Å². The minimum absolute atomic E-state index is 0.152. The van der Waals surface area contributed by atoms with Crippen molar-refractivity contribution in [1.29, 1.82) is 0 Å². The monoisotopic (exact) mass is 516 g/mol. The van der Waals surface area contributed by atoms with E-state index in [0.717, 1.165) is 49.0 Å². The molecule has 4 fully saturated rings. The minimum Gasteiger partial charge on any atom is -0.445 e. The Balaban J connectivity index is 1.30. The first-order chi connectivity index (χ1) is 15.5. The van der Waals surface area contributed by atoms with Crippen molar-refractivity contribution in [3.8, 4) is 0 Å². The summed E-state index contributed by atoms with van der Waals surface area (Å²) in [5, 5.41) is 0. The molecular formula is C26H39Cl3N2O2. The van der Waals surface area contributed by atoms with E-state index < -0.39 is 9.89 Å². The zero-order valence-corrected chi connectivity index (χ0v) is 22.7. The van der Waals surface area contributed by atoms with Gasteiger partial charge in [-0.2, -0.15) is 0 Å². The van der Waals surface area contributed by atoms with Gasteiger partial charge >= 0.3 is 6.09 Å². The molecule has 4 aliphatic carbocycles. The third-order valence-electron chi connectivity index (χ3n) is 10.9. The molecule has 1 spiro atoms. The van der Waals surface area contributed by atoms with Crippen molar-refractivity contribution in [1.82, 2.24) is 9.80 Å². The van der Waals surface area contributed by atoms with Gasteiger partial charge in [0.25, 0.3) is 0 Å². The quantitative estimate of drug-likeness (QED) is 0.302. The summed E-state index contributed by atoms with van der Waals surface area (Å²) in [7, 11) is 4.16. The molecule has 1 amide bonds. The lowest BCUT2D eigenvalue weighted by Gasteiger charge is -2.58. The van der Waals surface area contributed by atoms with Gasteiger partial charge in [-0.05, 0) is 99.8 Å². The highest BCUT2D eigenvalue weighted by molar-refractivity contribution is 6.67. The van der Waals surface area contributed by atoms with E-state index in [1.54, 1.807) is 10.5 Å². The number of likely N-dealkylation sites (tertiary alicyclic amines) is 1. The zero-order valence-electron chi connectivity index (χ0n) is 20.5. The van der Waals surface area contributed by atoms with Crippen LogP contribution in [0.25, 0.3) is 0 Å². The zero-order chi connectivity index (χ0) is 23.8. The van der Waals surface area contributed by atoms with Crippen LogP contribution in [-0.2, 0) is 4.74 Å². The minimum atomic E-state index is -1.58. The average molecular weight is 518 g/mol. The number of ether oxygens (including phenoxy) is 1. The lowest BCUT2D eigenvalue weighted by Crippen LogP contribution is -2.53. The Morgan fingerprint density at radius 3 is 2.64 bits per heavy atom. The van der Waals surface area contributed by atoms with Gasteiger partial charge in [0.2, 0.25) is 3.79 Å². The van der Waals surface area contributed by atoms with Crippen LogP contribution in [0, 0.1) is 34.5 Å². The maximum Gasteiger partial charge on any atom is 0.409 e. The highest BCUT2D eigenvalue weighted by Crippen LogP contribution is 2.68. The van der Waals surface area contributed by atoms with Crippen molar-refractivity contribution in [2.24, 2.45) is 34.5 Å². The van der Waals surface area contributed by atoms with Crippen molar-refractivity contribution in [2.75, 3.05) is 27.2 Å². The van der Waals surface area contributed by atoms with Gasteiger partial charge < -0.3 is 14.5 Å². The SMILES string of the molecule is CC1C2CCC3C4CC=C5CC(N(C)C(=O)OCC(Cl)(Cl)Cl)CCC5(C)C4CCC32CN1C. The molecule has 8 atom stereocenters. The van der Waals surface area contributed by atoms with E-state index in [2.05, 4.69) is 31.9 Å². The predicted molar refractivity (Wildman–Crippen MR) is 135 cm³/mol. The number of hydrogen-bond acceptors (Lipinski definition) is 3. The third kappa shape index (κ3) is 3.94. The Morgan fingerprint density at radius 2 is 1.91 bits per heavy atom. The molecule has 0 bridgehead atoms. The van der Waals surface area contributed by atoms with Crippen LogP contribution in [0.4, 0.5) is 4.79 Å². The van der Waals surface area contributed by atoms with Gasteiger partial charge in [0, 0.05) is 25.7 Å². The number of carbonyl (C=O) groups excluding carboxylic acids is 1. The van der Waals surface area contributed by atoms with E-state index in [-0.39, 0.29) is 18.1 Å². The molecule has 0 aromatic rings. The van der Waals surface area contributed by atoms with Gasteiger partial charge in [0.05, 0.1) is 0 Å². The summed E-state index contributed by atoms with van der Waals surface area (Å²) in [5.74, 6) is 3.41. The van der Waals surface area contributed by atoms with Crippen LogP contribution >= 0.6 is 34.8 Å². The molecule has 0 aromatic heterocycles.